The van der Waals surface area contributed by atoms with Gasteiger partial charge in [-0.3, -0.25) is 0 Å². The highest BCUT2D eigenvalue weighted by Gasteiger charge is 2.28. The number of halogens is 2. The monoisotopic (exact) mass is 279 g/mol. The molecular weight excluding hydrogens is 269 g/mol. The van der Waals surface area contributed by atoms with Gasteiger partial charge in [-0.05, 0) is 13.0 Å². The van der Waals surface area contributed by atoms with E-state index in [0.717, 1.165) is 0 Å². The minimum absolute atomic E-state index is 0.0756. The fourth-order valence-corrected chi connectivity index (χ4v) is 1.63. The Balaban J connectivity index is 2.88. The highest BCUT2D eigenvalue weighted by molar-refractivity contribution is 6.32. The Morgan fingerprint density at radius 1 is 1.47 bits per heavy atom. The van der Waals surface area contributed by atoms with Gasteiger partial charge in [-0.2, -0.15) is 0 Å². The van der Waals surface area contributed by atoms with Crippen molar-refractivity contribution in [3.8, 4) is 0 Å². The van der Waals surface area contributed by atoms with Gasteiger partial charge in [0.2, 0.25) is 0 Å². The van der Waals surface area contributed by atoms with Gasteiger partial charge in [0.15, 0.2) is 6.10 Å². The van der Waals surface area contributed by atoms with Crippen LogP contribution in [0.5, 0.6) is 0 Å². The summed E-state index contributed by atoms with van der Waals surface area (Å²) in [5.74, 6) is -0.925. The van der Waals surface area contributed by atoms with E-state index < -0.39 is 18.2 Å². The number of esters is 1. The maximum absolute atomic E-state index is 11.2. The molecule has 1 heterocycles. The molecule has 2 unspecified atom stereocenters. The number of pyridine rings is 1. The average molecular weight is 280 g/mol. The second-order valence-corrected chi connectivity index (χ2v) is 3.90. The summed E-state index contributed by atoms with van der Waals surface area (Å²) < 4.78 is 4.57. The molecule has 0 spiro atoms. The largest absolute Gasteiger partial charge is 0.464 e. The molecule has 2 atom stereocenters. The molecule has 1 rings (SSSR count). The van der Waals surface area contributed by atoms with Crippen molar-refractivity contribution < 1.29 is 19.7 Å². The minimum atomic E-state index is -1.71. The van der Waals surface area contributed by atoms with E-state index >= 15 is 0 Å². The van der Waals surface area contributed by atoms with Gasteiger partial charge in [0.25, 0.3) is 0 Å². The molecule has 0 fully saturated rings. The molecule has 0 aliphatic rings. The Kier molecular flexibility index (Phi) is 5.14. The molecule has 0 aromatic carbocycles. The summed E-state index contributed by atoms with van der Waals surface area (Å²) in [4.78, 5) is 14.9. The number of hydrogen-bond acceptors (Lipinski definition) is 5. The second-order valence-electron chi connectivity index (χ2n) is 3.16. The van der Waals surface area contributed by atoms with Crippen LogP contribution in [0.15, 0.2) is 12.1 Å². The van der Waals surface area contributed by atoms with Gasteiger partial charge < -0.3 is 14.9 Å². The number of aliphatic hydroxyl groups excluding tert-OH is 2. The summed E-state index contributed by atoms with van der Waals surface area (Å²) >= 11 is 11.3. The zero-order valence-corrected chi connectivity index (χ0v) is 10.4. The van der Waals surface area contributed by atoms with Crippen LogP contribution in [0, 0.1) is 0 Å². The fraction of sp³-hybridized carbons (Fsp3) is 0.400. The van der Waals surface area contributed by atoms with Gasteiger partial charge >= 0.3 is 5.97 Å². The van der Waals surface area contributed by atoms with E-state index in [0.29, 0.717) is 0 Å². The highest BCUT2D eigenvalue weighted by Crippen LogP contribution is 2.25. The van der Waals surface area contributed by atoms with Crippen molar-refractivity contribution in [2.24, 2.45) is 0 Å². The third-order valence-corrected chi connectivity index (χ3v) is 2.50. The Hall–Kier alpha value is -0.880. The number of ether oxygens (including phenoxy) is 1. The van der Waals surface area contributed by atoms with Crippen LogP contribution < -0.4 is 0 Å². The van der Waals surface area contributed by atoms with E-state index in [9.17, 15) is 15.0 Å². The van der Waals surface area contributed by atoms with Crippen molar-refractivity contribution in [1.82, 2.24) is 4.98 Å². The highest BCUT2D eigenvalue weighted by atomic mass is 35.5. The molecule has 1 aromatic rings. The molecule has 0 aliphatic heterocycles. The normalized spacial score (nSPS) is 14.2. The van der Waals surface area contributed by atoms with Gasteiger partial charge in [0.1, 0.15) is 16.4 Å². The number of carbonyl (C=O) groups is 1. The topological polar surface area (TPSA) is 79.7 Å². The number of carbonyl (C=O) groups excluding carboxylic acids is 1. The van der Waals surface area contributed by atoms with Crippen LogP contribution in [0.3, 0.4) is 0 Å². The SMILES string of the molecule is CCOC(=O)C(O)C(O)c1ccc(Cl)nc1Cl. The van der Waals surface area contributed by atoms with Gasteiger partial charge in [-0.25, -0.2) is 9.78 Å². The van der Waals surface area contributed by atoms with E-state index in [2.05, 4.69) is 9.72 Å². The van der Waals surface area contributed by atoms with Gasteiger partial charge in [-0.1, -0.05) is 29.3 Å². The molecule has 2 N–H and O–H groups in total. The predicted octanol–water partition coefficient (Wildman–Crippen LogP) is 1.35. The third-order valence-electron chi connectivity index (χ3n) is 1.99. The maximum Gasteiger partial charge on any atom is 0.338 e. The Morgan fingerprint density at radius 3 is 2.65 bits per heavy atom. The van der Waals surface area contributed by atoms with Crippen molar-refractivity contribution in [3.05, 3.63) is 28.0 Å². The fourth-order valence-electron chi connectivity index (χ4n) is 1.17. The first kappa shape index (κ1) is 14.2. The lowest BCUT2D eigenvalue weighted by molar-refractivity contribution is -0.159. The van der Waals surface area contributed by atoms with Crippen LogP contribution in [0.4, 0.5) is 0 Å². The standard InChI is InChI=1S/C10H11Cl2NO4/c1-2-17-10(16)8(15)7(14)5-3-4-6(11)13-9(5)12/h3-4,7-8,14-15H,2H2,1H3. The lowest BCUT2D eigenvalue weighted by atomic mass is 10.1. The van der Waals surface area contributed by atoms with Gasteiger partial charge in [0, 0.05) is 5.56 Å². The molecule has 1 aromatic heterocycles. The summed E-state index contributed by atoms with van der Waals surface area (Å²) in [5, 5.41) is 19.3. The van der Waals surface area contributed by atoms with Gasteiger partial charge in [0.05, 0.1) is 6.61 Å². The van der Waals surface area contributed by atoms with E-state index in [1.54, 1.807) is 6.92 Å². The number of aromatic nitrogens is 1. The smallest absolute Gasteiger partial charge is 0.338 e. The van der Waals surface area contributed by atoms with Crippen molar-refractivity contribution in [2.45, 2.75) is 19.1 Å². The summed E-state index contributed by atoms with van der Waals surface area (Å²) in [7, 11) is 0. The Labute approximate surface area is 108 Å². The van der Waals surface area contributed by atoms with Crippen LogP contribution >= 0.6 is 23.2 Å². The van der Waals surface area contributed by atoms with Crippen LogP contribution in [0.1, 0.15) is 18.6 Å². The molecule has 0 bridgehead atoms. The van der Waals surface area contributed by atoms with Crippen LogP contribution in [-0.4, -0.2) is 33.9 Å². The molecule has 17 heavy (non-hydrogen) atoms. The number of hydrogen-bond donors (Lipinski definition) is 2. The summed E-state index contributed by atoms with van der Waals surface area (Å²) in [6.45, 7) is 1.70. The average Bonchev–Trinajstić information content (AvgIpc) is 2.27. The Bertz CT molecular complexity index is 413. The molecule has 0 aliphatic carbocycles. The third kappa shape index (κ3) is 3.54. The summed E-state index contributed by atoms with van der Waals surface area (Å²) in [6, 6.07) is 2.77. The molecular formula is C10H11Cl2NO4. The van der Waals surface area contributed by atoms with Crippen LogP contribution in [0.2, 0.25) is 10.3 Å². The molecule has 0 radical (unpaired) electrons. The Morgan fingerprint density at radius 2 is 2.12 bits per heavy atom. The number of nitrogens with zero attached hydrogens (tertiary/aromatic N) is 1. The van der Waals surface area contributed by atoms with E-state index in [4.69, 9.17) is 23.2 Å². The molecule has 94 valence electrons. The molecule has 0 saturated heterocycles. The molecule has 7 heteroatoms. The summed E-state index contributed by atoms with van der Waals surface area (Å²) in [6.07, 6.45) is -3.22. The first-order chi connectivity index (χ1) is 7.97. The maximum atomic E-state index is 11.2. The van der Waals surface area contributed by atoms with Crippen molar-refractivity contribution in [1.29, 1.82) is 0 Å². The molecule has 0 saturated carbocycles. The van der Waals surface area contributed by atoms with Gasteiger partial charge in [-0.15, -0.1) is 0 Å². The van der Waals surface area contributed by atoms with E-state index in [1.165, 1.54) is 12.1 Å². The number of rotatable bonds is 4. The molecule has 5 nitrogen and oxygen atoms in total. The second kappa shape index (κ2) is 6.16. The zero-order valence-electron chi connectivity index (χ0n) is 8.93. The van der Waals surface area contributed by atoms with Crippen LogP contribution in [-0.2, 0) is 9.53 Å². The first-order valence-electron chi connectivity index (χ1n) is 4.82. The lowest BCUT2D eigenvalue weighted by Gasteiger charge is -2.17. The number of aliphatic hydroxyl groups is 2. The quantitative estimate of drug-likeness (QED) is 0.642. The first-order valence-corrected chi connectivity index (χ1v) is 5.57. The minimum Gasteiger partial charge on any atom is -0.464 e. The lowest BCUT2D eigenvalue weighted by Crippen LogP contribution is -2.30. The van der Waals surface area contributed by atoms with Crippen molar-refractivity contribution in [3.63, 3.8) is 0 Å². The van der Waals surface area contributed by atoms with Crippen molar-refractivity contribution >= 4 is 29.2 Å². The van der Waals surface area contributed by atoms with E-state index in [1.807, 2.05) is 0 Å². The van der Waals surface area contributed by atoms with Crippen LogP contribution in [0.25, 0.3) is 0 Å². The van der Waals surface area contributed by atoms with Crippen molar-refractivity contribution in [2.75, 3.05) is 6.61 Å². The molecule has 0 amide bonds. The zero-order chi connectivity index (χ0) is 13.0. The van der Waals surface area contributed by atoms with E-state index in [-0.39, 0.29) is 22.5 Å². The predicted molar refractivity (Wildman–Crippen MR) is 61.9 cm³/mol. The summed E-state index contributed by atoms with van der Waals surface area (Å²) in [5.41, 5.74) is 0.108.